The number of nitrogens with one attached hydrogen (secondary N) is 1. The maximum atomic E-state index is 15.1. The van der Waals surface area contributed by atoms with Gasteiger partial charge in [-0.1, -0.05) is 41.9 Å². The van der Waals surface area contributed by atoms with Crippen molar-refractivity contribution in [2.24, 2.45) is 0 Å². The lowest BCUT2D eigenvalue weighted by molar-refractivity contribution is 0.0699. The van der Waals surface area contributed by atoms with Gasteiger partial charge in [-0.2, -0.15) is 0 Å². The van der Waals surface area contributed by atoms with E-state index in [1.54, 1.807) is 59.7 Å². The van der Waals surface area contributed by atoms with Gasteiger partial charge in [0.25, 0.3) is 5.91 Å². The van der Waals surface area contributed by atoms with Crippen LogP contribution in [0.25, 0.3) is 11.0 Å². The number of imidazole rings is 1. The van der Waals surface area contributed by atoms with Gasteiger partial charge in [-0.15, -0.1) is 11.3 Å². The summed E-state index contributed by atoms with van der Waals surface area (Å²) in [6.45, 7) is 0. The van der Waals surface area contributed by atoms with Crippen LogP contribution >= 0.6 is 22.9 Å². The fourth-order valence-electron chi connectivity index (χ4n) is 4.30. The number of anilines is 2. The van der Waals surface area contributed by atoms with Crippen LogP contribution in [0.2, 0.25) is 5.02 Å². The van der Waals surface area contributed by atoms with Crippen molar-refractivity contribution in [1.29, 1.82) is 0 Å². The van der Waals surface area contributed by atoms with Gasteiger partial charge in [0.15, 0.2) is 11.5 Å². The highest BCUT2D eigenvalue weighted by molar-refractivity contribution is 7.13. The van der Waals surface area contributed by atoms with Gasteiger partial charge in [-0.25, -0.2) is 19.0 Å². The lowest BCUT2D eigenvalue weighted by atomic mass is 9.93. The molecule has 10 heteroatoms. The molecule has 168 valence electrons. The van der Waals surface area contributed by atoms with Gasteiger partial charge < -0.3 is 5.11 Å². The zero-order chi connectivity index (χ0) is 23.4. The highest BCUT2D eigenvalue weighted by Gasteiger charge is 2.51. The van der Waals surface area contributed by atoms with Gasteiger partial charge in [0.1, 0.15) is 6.33 Å². The Hall–Kier alpha value is -3.79. The first-order valence-corrected chi connectivity index (χ1v) is 11.5. The summed E-state index contributed by atoms with van der Waals surface area (Å²) in [6, 6.07) is 16.2. The molecule has 0 aliphatic carbocycles. The molecule has 7 nitrogen and oxygen atoms in total. The standard InChI is InChI=1S/C24H15ClFN5O2S/c25-17-6-3-7-20(21(17)26)31-22(32)15-4-1-2-5-16(15)24(31,33)14-8-9-19-18(12-14)28-13-30(19)29-23-27-10-11-34-23/h1-13,33H,(H,27,29). The zero-order valence-electron chi connectivity index (χ0n) is 17.3. The maximum Gasteiger partial charge on any atom is 0.261 e. The van der Waals surface area contributed by atoms with E-state index in [-0.39, 0.29) is 16.3 Å². The lowest BCUT2D eigenvalue weighted by Gasteiger charge is -2.35. The van der Waals surface area contributed by atoms with E-state index < -0.39 is 17.4 Å². The van der Waals surface area contributed by atoms with E-state index in [4.69, 9.17) is 11.6 Å². The molecule has 1 amide bonds. The smallest absolute Gasteiger partial charge is 0.261 e. The fraction of sp³-hybridized carbons (Fsp3) is 0.0417. The van der Waals surface area contributed by atoms with Crippen LogP contribution in [-0.2, 0) is 5.72 Å². The van der Waals surface area contributed by atoms with Crippen molar-refractivity contribution in [3.63, 3.8) is 0 Å². The summed E-state index contributed by atoms with van der Waals surface area (Å²) >= 11 is 7.46. The molecular formula is C24H15ClFN5O2S. The zero-order valence-corrected chi connectivity index (χ0v) is 18.9. The first-order chi connectivity index (χ1) is 16.5. The number of hydrogen-bond acceptors (Lipinski definition) is 6. The van der Waals surface area contributed by atoms with Gasteiger partial charge in [-0.3, -0.25) is 15.1 Å². The quantitative estimate of drug-likeness (QED) is 0.369. The number of carbonyl (C=O) groups is 1. The Balaban J connectivity index is 1.53. The topological polar surface area (TPSA) is 83.3 Å². The largest absolute Gasteiger partial charge is 0.363 e. The average Bonchev–Trinajstić information content (AvgIpc) is 3.56. The van der Waals surface area contributed by atoms with Crippen molar-refractivity contribution in [2.45, 2.75) is 5.72 Å². The predicted octanol–water partition coefficient (Wildman–Crippen LogP) is 5.01. The Morgan fingerprint density at radius 3 is 2.76 bits per heavy atom. The molecule has 0 fully saturated rings. The van der Waals surface area contributed by atoms with Crippen LogP contribution in [0, 0.1) is 5.82 Å². The second kappa shape index (κ2) is 7.63. The SMILES string of the molecule is O=C1c2ccccc2C(O)(c2ccc3c(c2)ncn3Nc2nccs2)N1c1cccc(Cl)c1F. The molecule has 2 aromatic heterocycles. The number of nitrogens with zero attached hydrogens (tertiary/aromatic N) is 4. The molecule has 0 bridgehead atoms. The number of aliphatic hydroxyl groups is 1. The summed E-state index contributed by atoms with van der Waals surface area (Å²) in [4.78, 5) is 23.1. The Morgan fingerprint density at radius 2 is 1.94 bits per heavy atom. The number of benzene rings is 3. The van der Waals surface area contributed by atoms with Crippen LogP contribution in [0.15, 0.2) is 78.6 Å². The molecule has 3 heterocycles. The van der Waals surface area contributed by atoms with Gasteiger partial charge in [0.2, 0.25) is 5.13 Å². The molecule has 1 aliphatic rings. The molecule has 34 heavy (non-hydrogen) atoms. The van der Waals surface area contributed by atoms with Gasteiger partial charge in [0.05, 0.1) is 21.7 Å². The minimum absolute atomic E-state index is 0.118. The summed E-state index contributed by atoms with van der Waals surface area (Å²) in [6.07, 6.45) is 3.29. The van der Waals surface area contributed by atoms with Crippen LogP contribution in [0.1, 0.15) is 21.5 Å². The predicted molar refractivity (Wildman–Crippen MR) is 129 cm³/mol. The van der Waals surface area contributed by atoms with Crippen LogP contribution in [0.5, 0.6) is 0 Å². The monoisotopic (exact) mass is 491 g/mol. The van der Waals surface area contributed by atoms with Crippen LogP contribution in [0.4, 0.5) is 15.2 Å². The van der Waals surface area contributed by atoms with Crippen molar-refractivity contribution in [2.75, 3.05) is 10.3 Å². The van der Waals surface area contributed by atoms with Crippen molar-refractivity contribution < 1.29 is 14.3 Å². The molecule has 0 saturated heterocycles. The number of halogens is 2. The summed E-state index contributed by atoms with van der Waals surface area (Å²) in [5.74, 6) is -1.32. The molecule has 2 N–H and O–H groups in total. The minimum Gasteiger partial charge on any atom is -0.363 e. The number of thiazole rings is 1. The maximum absolute atomic E-state index is 15.1. The molecule has 1 unspecified atom stereocenters. The summed E-state index contributed by atoms with van der Waals surface area (Å²) in [7, 11) is 0. The average molecular weight is 492 g/mol. The second-order valence-corrected chi connectivity index (χ2v) is 9.00. The third-order valence-corrected chi connectivity index (χ3v) is 6.80. The third-order valence-electron chi connectivity index (χ3n) is 5.83. The second-order valence-electron chi connectivity index (χ2n) is 7.70. The Labute approximate surface area is 201 Å². The van der Waals surface area contributed by atoms with Crippen molar-refractivity contribution in [3.8, 4) is 0 Å². The van der Waals surface area contributed by atoms with Crippen molar-refractivity contribution >= 4 is 50.7 Å². The molecule has 3 aromatic carbocycles. The fourth-order valence-corrected chi connectivity index (χ4v) is 4.99. The Bertz CT molecular complexity index is 1570. The van der Waals surface area contributed by atoms with Gasteiger partial charge in [-0.05, 0) is 30.3 Å². The molecule has 5 aromatic rings. The first kappa shape index (κ1) is 20.8. The Kier molecular flexibility index (Phi) is 4.66. The molecule has 0 saturated carbocycles. The van der Waals surface area contributed by atoms with E-state index in [9.17, 15) is 9.90 Å². The number of rotatable bonds is 4. The number of carbonyl (C=O) groups excluding carboxylic acids is 1. The van der Waals surface area contributed by atoms with Crippen LogP contribution < -0.4 is 10.3 Å². The number of hydrogen-bond donors (Lipinski definition) is 2. The summed E-state index contributed by atoms with van der Waals surface area (Å²) in [5.41, 5.74) is 3.34. The van der Waals surface area contributed by atoms with E-state index >= 15 is 4.39 Å². The number of aromatic nitrogens is 3. The molecule has 1 aliphatic heterocycles. The molecule has 1 atom stereocenters. The lowest BCUT2D eigenvalue weighted by Crippen LogP contribution is -2.45. The molecule has 0 radical (unpaired) electrons. The first-order valence-electron chi connectivity index (χ1n) is 10.2. The van der Waals surface area contributed by atoms with Gasteiger partial charge >= 0.3 is 0 Å². The molecule has 6 rings (SSSR count). The van der Waals surface area contributed by atoms with E-state index in [1.165, 1.54) is 29.5 Å². The third kappa shape index (κ3) is 2.95. The number of fused-ring (bicyclic) bond motifs is 2. The molecular weight excluding hydrogens is 477 g/mol. The normalized spacial score (nSPS) is 17.4. The van der Waals surface area contributed by atoms with E-state index in [0.717, 1.165) is 10.4 Å². The van der Waals surface area contributed by atoms with Crippen LogP contribution in [-0.4, -0.2) is 25.7 Å². The van der Waals surface area contributed by atoms with E-state index in [2.05, 4.69) is 15.4 Å². The highest BCUT2D eigenvalue weighted by atomic mass is 35.5. The van der Waals surface area contributed by atoms with Crippen LogP contribution in [0.3, 0.4) is 0 Å². The minimum atomic E-state index is -1.97. The van der Waals surface area contributed by atoms with E-state index in [1.807, 2.05) is 5.38 Å². The highest BCUT2D eigenvalue weighted by Crippen LogP contribution is 2.46. The summed E-state index contributed by atoms with van der Waals surface area (Å²) < 4.78 is 16.8. The molecule has 0 spiro atoms. The van der Waals surface area contributed by atoms with E-state index in [0.29, 0.717) is 21.8 Å². The van der Waals surface area contributed by atoms with Gasteiger partial charge in [0, 0.05) is 28.3 Å². The van der Waals surface area contributed by atoms with Crippen molar-refractivity contribution in [1.82, 2.24) is 14.6 Å². The summed E-state index contributed by atoms with van der Waals surface area (Å²) in [5, 5.41) is 14.5. The number of amides is 1. The van der Waals surface area contributed by atoms with Crippen molar-refractivity contribution in [3.05, 3.63) is 106 Å². The Morgan fingerprint density at radius 1 is 1.09 bits per heavy atom.